The van der Waals surface area contributed by atoms with Gasteiger partial charge in [-0.15, -0.1) is 10.2 Å². The molecule has 3 aromatic carbocycles. The number of hydrogen-bond acceptors (Lipinski definition) is 7. The average molecular weight is 478 g/mol. The second-order valence-corrected chi connectivity index (χ2v) is 8.27. The van der Waals surface area contributed by atoms with Gasteiger partial charge in [0, 0.05) is 5.56 Å². The zero-order valence-electron chi connectivity index (χ0n) is 20.1. The van der Waals surface area contributed by atoms with Crippen molar-refractivity contribution >= 4 is 22.7 Å². The van der Waals surface area contributed by atoms with E-state index in [-0.39, 0.29) is 6.61 Å². The Balaban J connectivity index is 1.35. The minimum Gasteiger partial charge on any atom is -0.493 e. The number of nitrogens with one attached hydrogen (secondary N) is 1. The SMILES string of the molecule is COc1cc(/C=C(\C#N)c2nc3cc(C)c(C)cc3[nH]2)ccc1OCc1nnc(-c2ccccc2)o1. The number of nitriles is 1. The molecule has 0 saturated carbocycles. The topological polar surface area (TPSA) is 110 Å². The van der Waals surface area contributed by atoms with E-state index in [1.54, 1.807) is 25.3 Å². The van der Waals surface area contributed by atoms with E-state index < -0.39 is 0 Å². The fourth-order valence-corrected chi connectivity index (χ4v) is 3.76. The van der Waals surface area contributed by atoms with E-state index in [1.165, 1.54) is 0 Å². The predicted octanol–water partition coefficient (Wildman–Crippen LogP) is 5.88. The number of aryl methyl sites for hydroxylation is 2. The molecule has 0 aliphatic carbocycles. The Kier molecular flexibility index (Phi) is 6.20. The highest BCUT2D eigenvalue weighted by molar-refractivity contribution is 5.90. The van der Waals surface area contributed by atoms with Crippen molar-refractivity contribution in [1.29, 1.82) is 5.26 Å². The van der Waals surface area contributed by atoms with Crippen LogP contribution in [0.5, 0.6) is 11.5 Å². The van der Waals surface area contributed by atoms with Gasteiger partial charge in [-0.05, 0) is 73.0 Å². The fraction of sp³-hybridized carbons (Fsp3) is 0.143. The number of aromatic amines is 1. The maximum absolute atomic E-state index is 9.79. The number of aromatic nitrogens is 4. The summed E-state index contributed by atoms with van der Waals surface area (Å²) >= 11 is 0. The lowest BCUT2D eigenvalue weighted by Gasteiger charge is -2.10. The first kappa shape index (κ1) is 22.9. The zero-order valence-corrected chi connectivity index (χ0v) is 20.1. The third kappa shape index (κ3) is 4.68. The molecule has 0 unspecified atom stereocenters. The molecule has 0 saturated heterocycles. The molecule has 0 fully saturated rings. The summed E-state index contributed by atoms with van der Waals surface area (Å²) < 4.78 is 17.1. The van der Waals surface area contributed by atoms with Gasteiger partial charge in [-0.2, -0.15) is 5.26 Å². The lowest BCUT2D eigenvalue weighted by atomic mass is 10.1. The highest BCUT2D eigenvalue weighted by Crippen LogP contribution is 2.31. The van der Waals surface area contributed by atoms with Crippen LogP contribution in [-0.4, -0.2) is 27.3 Å². The van der Waals surface area contributed by atoms with Gasteiger partial charge >= 0.3 is 0 Å². The second kappa shape index (κ2) is 9.76. The molecule has 0 atom stereocenters. The maximum Gasteiger partial charge on any atom is 0.254 e. The van der Waals surface area contributed by atoms with Gasteiger partial charge in [-0.3, -0.25) is 0 Å². The molecule has 5 rings (SSSR count). The summed E-state index contributed by atoms with van der Waals surface area (Å²) in [5.41, 5.74) is 6.06. The minimum absolute atomic E-state index is 0.0899. The third-order valence-corrected chi connectivity index (χ3v) is 5.81. The molecule has 8 heteroatoms. The fourth-order valence-electron chi connectivity index (χ4n) is 3.76. The Labute approximate surface area is 207 Å². The van der Waals surface area contributed by atoms with E-state index in [4.69, 9.17) is 13.9 Å². The molecule has 178 valence electrons. The lowest BCUT2D eigenvalue weighted by Crippen LogP contribution is -1.98. The van der Waals surface area contributed by atoms with E-state index in [0.717, 1.165) is 33.3 Å². The van der Waals surface area contributed by atoms with E-state index in [9.17, 15) is 5.26 Å². The van der Waals surface area contributed by atoms with E-state index in [1.807, 2.05) is 62.4 Å². The van der Waals surface area contributed by atoms with Crippen molar-refractivity contribution in [3.05, 3.63) is 89.1 Å². The highest BCUT2D eigenvalue weighted by atomic mass is 16.5. The minimum atomic E-state index is 0.0899. The number of methoxy groups -OCH3 is 1. The molecule has 0 bridgehead atoms. The third-order valence-electron chi connectivity index (χ3n) is 5.81. The molecule has 0 radical (unpaired) electrons. The van der Waals surface area contributed by atoms with Crippen LogP contribution in [0.1, 0.15) is 28.4 Å². The Bertz CT molecular complexity index is 1570. The van der Waals surface area contributed by atoms with Gasteiger partial charge in [-0.1, -0.05) is 24.3 Å². The van der Waals surface area contributed by atoms with Crippen molar-refractivity contribution in [3.8, 4) is 29.0 Å². The number of H-pyrrole nitrogens is 1. The molecule has 0 spiro atoms. The largest absolute Gasteiger partial charge is 0.493 e. The van der Waals surface area contributed by atoms with Crippen LogP contribution in [0.15, 0.2) is 65.1 Å². The monoisotopic (exact) mass is 477 g/mol. The number of fused-ring (bicyclic) bond motifs is 1. The summed E-state index contributed by atoms with van der Waals surface area (Å²) in [4.78, 5) is 7.85. The van der Waals surface area contributed by atoms with Crippen LogP contribution in [0, 0.1) is 25.2 Å². The van der Waals surface area contributed by atoms with Crippen molar-refractivity contribution in [2.24, 2.45) is 0 Å². The number of benzene rings is 3. The first-order valence-corrected chi connectivity index (χ1v) is 11.3. The van der Waals surface area contributed by atoms with Crippen molar-refractivity contribution in [2.75, 3.05) is 7.11 Å². The van der Waals surface area contributed by atoms with Crippen LogP contribution < -0.4 is 9.47 Å². The molecule has 8 nitrogen and oxygen atoms in total. The maximum atomic E-state index is 9.79. The summed E-state index contributed by atoms with van der Waals surface area (Å²) in [7, 11) is 1.56. The highest BCUT2D eigenvalue weighted by Gasteiger charge is 2.13. The normalized spacial score (nSPS) is 11.4. The Morgan fingerprint density at radius 2 is 1.83 bits per heavy atom. The van der Waals surface area contributed by atoms with Crippen LogP contribution in [0.25, 0.3) is 34.1 Å². The molecule has 36 heavy (non-hydrogen) atoms. The summed E-state index contributed by atoms with van der Waals surface area (Å²) in [6, 6.07) is 21.2. The average Bonchev–Trinajstić information content (AvgIpc) is 3.54. The number of allylic oxidation sites excluding steroid dienone is 1. The van der Waals surface area contributed by atoms with Gasteiger partial charge in [0.05, 0.1) is 23.7 Å². The lowest BCUT2D eigenvalue weighted by molar-refractivity contribution is 0.251. The number of ether oxygens (including phenoxy) is 2. The number of nitrogens with zero attached hydrogens (tertiary/aromatic N) is 4. The summed E-state index contributed by atoms with van der Waals surface area (Å²) in [5.74, 6) is 2.33. The summed E-state index contributed by atoms with van der Waals surface area (Å²) in [6.45, 7) is 4.18. The molecule has 1 N–H and O–H groups in total. The van der Waals surface area contributed by atoms with Crippen LogP contribution in [0.2, 0.25) is 0 Å². The van der Waals surface area contributed by atoms with E-state index >= 15 is 0 Å². The van der Waals surface area contributed by atoms with Crippen LogP contribution >= 0.6 is 0 Å². The molecule has 0 aliphatic heterocycles. The Hall–Kier alpha value is -4.90. The van der Waals surface area contributed by atoms with Gasteiger partial charge in [-0.25, -0.2) is 4.98 Å². The first-order valence-electron chi connectivity index (χ1n) is 11.3. The van der Waals surface area contributed by atoms with Gasteiger partial charge in [0.15, 0.2) is 18.1 Å². The Morgan fingerprint density at radius 3 is 2.61 bits per heavy atom. The number of rotatable bonds is 7. The second-order valence-electron chi connectivity index (χ2n) is 8.27. The molecule has 0 aliphatic rings. The van der Waals surface area contributed by atoms with E-state index in [0.29, 0.717) is 34.7 Å². The summed E-state index contributed by atoms with van der Waals surface area (Å²) in [6.07, 6.45) is 1.76. The molecule has 5 aromatic rings. The van der Waals surface area contributed by atoms with Gasteiger partial charge in [0.25, 0.3) is 5.89 Å². The van der Waals surface area contributed by atoms with Crippen LogP contribution in [0.4, 0.5) is 0 Å². The van der Waals surface area contributed by atoms with Crippen LogP contribution in [0.3, 0.4) is 0 Å². The smallest absolute Gasteiger partial charge is 0.254 e. The number of imidazole rings is 1. The quantitative estimate of drug-likeness (QED) is 0.291. The predicted molar refractivity (Wildman–Crippen MR) is 136 cm³/mol. The Morgan fingerprint density at radius 1 is 1.03 bits per heavy atom. The first-order chi connectivity index (χ1) is 17.5. The molecule has 0 amide bonds. The molecular formula is C28H23N5O3. The van der Waals surface area contributed by atoms with Gasteiger partial charge < -0.3 is 18.9 Å². The van der Waals surface area contributed by atoms with Crippen molar-refractivity contribution < 1.29 is 13.9 Å². The zero-order chi connectivity index (χ0) is 25.1. The van der Waals surface area contributed by atoms with Crippen LogP contribution in [-0.2, 0) is 6.61 Å². The van der Waals surface area contributed by atoms with Crippen molar-refractivity contribution in [2.45, 2.75) is 20.5 Å². The van der Waals surface area contributed by atoms with Crippen molar-refractivity contribution in [1.82, 2.24) is 20.2 Å². The molecular weight excluding hydrogens is 454 g/mol. The van der Waals surface area contributed by atoms with E-state index in [2.05, 4.69) is 26.2 Å². The van der Waals surface area contributed by atoms with Crippen molar-refractivity contribution in [3.63, 3.8) is 0 Å². The number of hydrogen-bond donors (Lipinski definition) is 1. The van der Waals surface area contributed by atoms with Gasteiger partial charge in [0.1, 0.15) is 11.9 Å². The standard InChI is InChI=1S/C28H23N5O3/c1-17-11-22-23(12-18(17)2)31-27(30-22)21(15-29)13-19-9-10-24(25(14-19)34-3)35-16-26-32-33-28(36-26)20-7-5-4-6-8-20/h4-14H,16H2,1-3H3,(H,30,31)/b21-13+. The molecule has 2 aromatic heterocycles. The molecule has 2 heterocycles. The summed E-state index contributed by atoms with van der Waals surface area (Å²) in [5, 5.41) is 17.9. The van der Waals surface area contributed by atoms with Gasteiger partial charge in [0.2, 0.25) is 5.89 Å².